The van der Waals surface area contributed by atoms with Crippen LogP contribution in [0, 0.1) is 13.8 Å². The van der Waals surface area contributed by atoms with Gasteiger partial charge in [-0.2, -0.15) is 13.2 Å². The van der Waals surface area contributed by atoms with Crippen molar-refractivity contribution in [1.29, 1.82) is 0 Å². The number of nitrogens with zero attached hydrogens (tertiary/aromatic N) is 1. The number of alkyl halides is 3. The Morgan fingerprint density at radius 2 is 1.77 bits per heavy atom. The Hall–Kier alpha value is -2.09. The minimum Gasteiger partial charge on any atom is -0.263 e. The smallest absolute Gasteiger partial charge is 0.263 e. The molecule has 4 nitrogen and oxygen atoms in total. The summed E-state index contributed by atoms with van der Waals surface area (Å²) in [5, 5.41) is 0. The van der Waals surface area contributed by atoms with Crippen molar-refractivity contribution in [3.8, 4) is 0 Å². The second kappa shape index (κ2) is 5.60. The zero-order chi connectivity index (χ0) is 16.5. The summed E-state index contributed by atoms with van der Waals surface area (Å²) in [6, 6.07) is 6.80. The van der Waals surface area contributed by atoms with Crippen LogP contribution in [0.3, 0.4) is 0 Å². The lowest BCUT2D eigenvalue weighted by Gasteiger charge is -2.11. The second-order valence-corrected chi connectivity index (χ2v) is 6.48. The molecule has 118 valence electrons. The minimum atomic E-state index is -4.61. The summed E-state index contributed by atoms with van der Waals surface area (Å²) >= 11 is 0. The number of nitrogens with one attached hydrogen (secondary N) is 1. The molecule has 0 aliphatic rings. The lowest BCUT2D eigenvalue weighted by molar-refractivity contribution is -0.137. The molecule has 0 radical (unpaired) electrons. The molecule has 22 heavy (non-hydrogen) atoms. The third kappa shape index (κ3) is 3.76. The van der Waals surface area contributed by atoms with Gasteiger partial charge in [-0.3, -0.25) is 4.72 Å². The third-order valence-electron chi connectivity index (χ3n) is 2.81. The lowest BCUT2D eigenvalue weighted by Crippen LogP contribution is -2.15. The molecule has 0 amide bonds. The SMILES string of the molecule is Cc1cc(C)nc(NS(=O)(=O)c2cccc(C(F)(F)F)c2)c1. The van der Waals surface area contributed by atoms with Gasteiger partial charge < -0.3 is 0 Å². The summed E-state index contributed by atoms with van der Waals surface area (Å²) in [6.07, 6.45) is -4.61. The molecular formula is C14H13F3N2O2S. The highest BCUT2D eigenvalue weighted by Crippen LogP contribution is 2.30. The van der Waals surface area contributed by atoms with Crippen molar-refractivity contribution < 1.29 is 21.6 Å². The first kappa shape index (κ1) is 16.3. The Bertz CT molecular complexity index is 782. The van der Waals surface area contributed by atoms with Crippen LogP contribution in [0.2, 0.25) is 0 Å². The molecule has 0 aliphatic heterocycles. The minimum absolute atomic E-state index is 0.0647. The number of anilines is 1. The average molecular weight is 330 g/mol. The van der Waals surface area contributed by atoms with Gasteiger partial charge in [0, 0.05) is 5.69 Å². The maximum Gasteiger partial charge on any atom is 0.416 e. The number of benzene rings is 1. The standard InChI is InChI=1S/C14H13F3N2O2S/c1-9-6-10(2)18-13(7-9)19-22(20,21)12-5-3-4-11(8-12)14(15,16)17/h3-8H,1-2H3,(H,18,19). The summed E-state index contributed by atoms with van der Waals surface area (Å²) in [4.78, 5) is 3.53. The monoisotopic (exact) mass is 330 g/mol. The second-order valence-electron chi connectivity index (χ2n) is 4.80. The van der Waals surface area contributed by atoms with E-state index in [-0.39, 0.29) is 5.82 Å². The molecule has 0 unspecified atom stereocenters. The highest BCUT2D eigenvalue weighted by atomic mass is 32.2. The maximum atomic E-state index is 12.7. The summed E-state index contributed by atoms with van der Waals surface area (Å²) in [5.74, 6) is 0.0647. The van der Waals surface area contributed by atoms with E-state index >= 15 is 0 Å². The third-order valence-corrected chi connectivity index (χ3v) is 4.16. The van der Waals surface area contributed by atoms with Crippen molar-refractivity contribution in [2.45, 2.75) is 24.9 Å². The van der Waals surface area contributed by atoms with Gasteiger partial charge in [-0.25, -0.2) is 13.4 Å². The van der Waals surface area contributed by atoms with E-state index in [9.17, 15) is 21.6 Å². The highest BCUT2D eigenvalue weighted by Gasteiger charge is 2.31. The number of hydrogen-bond acceptors (Lipinski definition) is 3. The average Bonchev–Trinajstić information content (AvgIpc) is 2.36. The number of aromatic nitrogens is 1. The number of rotatable bonds is 3. The Balaban J connectivity index is 2.39. The predicted octanol–water partition coefficient (Wildman–Crippen LogP) is 3.52. The van der Waals surface area contributed by atoms with Gasteiger partial charge in [0.25, 0.3) is 10.0 Å². The van der Waals surface area contributed by atoms with Crippen LogP contribution in [-0.2, 0) is 16.2 Å². The van der Waals surface area contributed by atoms with Gasteiger partial charge >= 0.3 is 6.18 Å². The zero-order valence-electron chi connectivity index (χ0n) is 11.8. The van der Waals surface area contributed by atoms with Crippen LogP contribution in [0.25, 0.3) is 0 Å². The van der Waals surface area contributed by atoms with Crippen molar-refractivity contribution in [2.75, 3.05) is 4.72 Å². The van der Waals surface area contributed by atoms with Gasteiger partial charge in [0.2, 0.25) is 0 Å². The lowest BCUT2D eigenvalue weighted by atomic mass is 10.2. The topological polar surface area (TPSA) is 59.1 Å². The van der Waals surface area contributed by atoms with Crippen LogP contribution >= 0.6 is 0 Å². The quantitative estimate of drug-likeness (QED) is 0.937. The molecule has 2 rings (SSSR count). The van der Waals surface area contributed by atoms with Crippen LogP contribution in [-0.4, -0.2) is 13.4 Å². The Morgan fingerprint density at radius 1 is 1.09 bits per heavy atom. The number of halogens is 3. The van der Waals surface area contributed by atoms with Crippen LogP contribution in [0.15, 0.2) is 41.3 Å². The van der Waals surface area contributed by atoms with Gasteiger partial charge in [0.1, 0.15) is 5.82 Å². The number of sulfonamides is 1. The first-order valence-corrected chi connectivity index (χ1v) is 7.71. The molecule has 0 spiro atoms. The molecule has 1 aromatic carbocycles. The van der Waals surface area contributed by atoms with Crippen molar-refractivity contribution in [2.24, 2.45) is 0 Å². The van der Waals surface area contributed by atoms with Crippen LogP contribution in [0.1, 0.15) is 16.8 Å². The summed E-state index contributed by atoms with van der Waals surface area (Å²) in [5.41, 5.74) is 0.361. The molecule has 1 heterocycles. The molecule has 0 saturated carbocycles. The Morgan fingerprint density at radius 3 is 2.36 bits per heavy atom. The molecule has 0 bridgehead atoms. The Kier molecular flexibility index (Phi) is 4.15. The van der Waals surface area contributed by atoms with Gasteiger partial charge in [-0.05, 0) is 49.7 Å². The molecule has 0 fully saturated rings. The van der Waals surface area contributed by atoms with Crippen molar-refractivity contribution in [1.82, 2.24) is 4.98 Å². The first-order chi connectivity index (χ1) is 10.1. The molecular weight excluding hydrogens is 317 g/mol. The van der Waals surface area contributed by atoms with E-state index in [1.165, 1.54) is 6.07 Å². The van der Waals surface area contributed by atoms with Gasteiger partial charge in [-0.1, -0.05) is 6.07 Å². The fraction of sp³-hybridized carbons (Fsp3) is 0.214. The molecule has 0 aliphatic carbocycles. The van der Waals surface area contributed by atoms with Gasteiger partial charge in [0.05, 0.1) is 10.5 Å². The summed E-state index contributed by atoms with van der Waals surface area (Å²) < 4.78 is 64.5. The summed E-state index contributed by atoms with van der Waals surface area (Å²) in [6.45, 7) is 3.45. The van der Waals surface area contributed by atoms with E-state index in [4.69, 9.17) is 0 Å². The van der Waals surface area contributed by atoms with Crippen LogP contribution in [0.5, 0.6) is 0 Å². The largest absolute Gasteiger partial charge is 0.416 e. The molecule has 0 atom stereocenters. The first-order valence-electron chi connectivity index (χ1n) is 6.23. The van der Waals surface area contributed by atoms with E-state index < -0.39 is 26.7 Å². The fourth-order valence-corrected chi connectivity index (χ4v) is 2.97. The van der Waals surface area contributed by atoms with Crippen molar-refractivity contribution >= 4 is 15.8 Å². The Labute approximate surface area is 126 Å². The van der Waals surface area contributed by atoms with E-state index in [0.717, 1.165) is 23.8 Å². The molecule has 0 saturated heterocycles. The summed E-state index contributed by atoms with van der Waals surface area (Å²) in [7, 11) is -4.14. The molecule has 8 heteroatoms. The van der Waals surface area contributed by atoms with Crippen LogP contribution < -0.4 is 4.72 Å². The number of aryl methyl sites for hydroxylation is 2. The normalized spacial score (nSPS) is 12.2. The maximum absolute atomic E-state index is 12.7. The van der Waals surface area contributed by atoms with Crippen molar-refractivity contribution in [3.05, 3.63) is 53.2 Å². The fourth-order valence-electron chi connectivity index (χ4n) is 1.93. The van der Waals surface area contributed by atoms with Gasteiger partial charge in [0.15, 0.2) is 0 Å². The van der Waals surface area contributed by atoms with Gasteiger partial charge in [-0.15, -0.1) is 0 Å². The van der Waals surface area contributed by atoms with E-state index in [2.05, 4.69) is 9.71 Å². The van der Waals surface area contributed by atoms with Crippen molar-refractivity contribution in [3.63, 3.8) is 0 Å². The molecule has 1 aromatic heterocycles. The van der Waals surface area contributed by atoms with Crippen LogP contribution in [0.4, 0.5) is 19.0 Å². The number of pyridine rings is 1. The highest BCUT2D eigenvalue weighted by molar-refractivity contribution is 7.92. The molecule has 1 N–H and O–H groups in total. The van der Waals surface area contributed by atoms with E-state index in [1.54, 1.807) is 19.9 Å². The number of hydrogen-bond donors (Lipinski definition) is 1. The zero-order valence-corrected chi connectivity index (χ0v) is 12.6. The van der Waals surface area contributed by atoms with E-state index in [1.807, 2.05) is 0 Å². The predicted molar refractivity (Wildman–Crippen MR) is 76.0 cm³/mol. The van der Waals surface area contributed by atoms with E-state index in [0.29, 0.717) is 11.8 Å². The molecule has 2 aromatic rings.